The van der Waals surface area contributed by atoms with Gasteiger partial charge in [0.15, 0.2) is 0 Å². The minimum atomic E-state index is 0.780. The van der Waals surface area contributed by atoms with Crippen molar-refractivity contribution in [1.29, 1.82) is 0 Å². The first-order chi connectivity index (χ1) is 14.2. The first kappa shape index (κ1) is 17.3. The van der Waals surface area contributed by atoms with Gasteiger partial charge in [-0.3, -0.25) is 14.6 Å². The Kier molecular flexibility index (Phi) is 4.17. The first-order valence-electron chi connectivity index (χ1n) is 9.61. The third-order valence-electron chi connectivity index (χ3n) is 5.11. The van der Waals surface area contributed by atoms with Gasteiger partial charge in [0, 0.05) is 65.3 Å². The zero-order valence-corrected chi connectivity index (χ0v) is 16.3. The highest BCUT2D eigenvalue weighted by molar-refractivity contribution is 5.87. The summed E-state index contributed by atoms with van der Waals surface area (Å²) in [5.41, 5.74) is 8.19. The second kappa shape index (κ2) is 6.98. The van der Waals surface area contributed by atoms with Crippen LogP contribution >= 0.6 is 0 Å². The fraction of sp³-hybridized carbons (Fsp3) is 0.130. The summed E-state index contributed by atoms with van der Waals surface area (Å²) in [5, 5.41) is 5.82. The van der Waals surface area contributed by atoms with E-state index in [1.165, 1.54) is 0 Å². The van der Waals surface area contributed by atoms with Crippen LogP contribution < -0.4 is 0 Å². The zero-order valence-electron chi connectivity index (χ0n) is 16.3. The van der Waals surface area contributed by atoms with Crippen molar-refractivity contribution >= 4 is 11.0 Å². The number of H-pyrrole nitrogens is 1. The molecular formula is C23H20N6. The molecule has 5 heterocycles. The van der Waals surface area contributed by atoms with Gasteiger partial charge in [-0.15, -0.1) is 0 Å². The van der Waals surface area contributed by atoms with Crippen LogP contribution in [0.15, 0.2) is 67.4 Å². The van der Waals surface area contributed by atoms with E-state index in [4.69, 9.17) is 5.10 Å². The maximum Gasteiger partial charge on any atom is 0.137 e. The average Bonchev–Trinajstić information content (AvgIpc) is 3.38. The van der Waals surface area contributed by atoms with Crippen LogP contribution in [0.3, 0.4) is 0 Å². The largest absolute Gasteiger partial charge is 0.339 e. The van der Waals surface area contributed by atoms with E-state index in [2.05, 4.69) is 52.0 Å². The van der Waals surface area contributed by atoms with E-state index in [1.807, 2.05) is 47.7 Å². The van der Waals surface area contributed by atoms with Crippen LogP contribution in [0.2, 0.25) is 0 Å². The van der Waals surface area contributed by atoms with Crippen LogP contribution in [-0.4, -0.2) is 29.7 Å². The van der Waals surface area contributed by atoms with Gasteiger partial charge in [-0.1, -0.05) is 0 Å². The lowest BCUT2D eigenvalue weighted by atomic mass is 10.1. The fourth-order valence-electron chi connectivity index (χ4n) is 3.62. The lowest BCUT2D eigenvalue weighted by Gasteiger charge is -2.04. The van der Waals surface area contributed by atoms with E-state index in [1.54, 1.807) is 6.20 Å². The normalized spacial score (nSPS) is 11.2. The number of pyridine rings is 3. The summed E-state index contributed by atoms with van der Waals surface area (Å²) < 4.78 is 2.01. The van der Waals surface area contributed by atoms with E-state index in [9.17, 15) is 0 Å². The van der Waals surface area contributed by atoms with Crippen LogP contribution in [0.4, 0.5) is 0 Å². The first-order valence-corrected chi connectivity index (χ1v) is 9.61. The van der Waals surface area contributed by atoms with Gasteiger partial charge in [-0.2, -0.15) is 5.10 Å². The van der Waals surface area contributed by atoms with Gasteiger partial charge in [0.25, 0.3) is 0 Å². The third-order valence-corrected chi connectivity index (χ3v) is 5.11. The summed E-state index contributed by atoms with van der Waals surface area (Å²) in [6, 6.07) is 12.4. The number of hydrogen-bond donors (Lipinski definition) is 1. The Bertz CT molecular complexity index is 1300. The molecule has 0 spiro atoms. The molecule has 5 rings (SSSR count). The van der Waals surface area contributed by atoms with E-state index in [-0.39, 0.29) is 0 Å². The van der Waals surface area contributed by atoms with Crippen LogP contribution in [0.25, 0.3) is 44.8 Å². The molecule has 0 atom stereocenters. The second-order valence-electron chi connectivity index (χ2n) is 7.01. The van der Waals surface area contributed by atoms with E-state index in [0.29, 0.717) is 0 Å². The van der Waals surface area contributed by atoms with Crippen molar-refractivity contribution in [2.24, 2.45) is 0 Å². The fourth-order valence-corrected chi connectivity index (χ4v) is 3.62. The van der Waals surface area contributed by atoms with Gasteiger partial charge in [0.1, 0.15) is 5.65 Å². The maximum absolute atomic E-state index is 4.75. The molecule has 0 saturated heterocycles. The molecule has 0 radical (unpaired) electrons. The maximum atomic E-state index is 4.75. The molecule has 0 unspecified atom stereocenters. The Balaban J connectivity index is 1.59. The van der Waals surface area contributed by atoms with Gasteiger partial charge >= 0.3 is 0 Å². The van der Waals surface area contributed by atoms with Crippen LogP contribution in [-0.2, 0) is 6.54 Å². The number of aromatic nitrogens is 6. The minimum absolute atomic E-state index is 0.780. The standard InChI is InChI=1S/C23H20N6/c1-3-29-22(11-20(28-29)16-5-4-7-24-13-16)18-9-17-10-21(27-23(17)26-14-18)19-6-8-25-12-15(19)2/h4-14H,3H2,1-2H3,(H,26,27). The van der Waals surface area contributed by atoms with Crippen molar-refractivity contribution in [3.05, 3.63) is 72.9 Å². The van der Waals surface area contributed by atoms with E-state index >= 15 is 0 Å². The summed E-state index contributed by atoms with van der Waals surface area (Å²) in [7, 11) is 0. The zero-order chi connectivity index (χ0) is 19.8. The highest BCUT2D eigenvalue weighted by Crippen LogP contribution is 2.30. The quantitative estimate of drug-likeness (QED) is 0.482. The van der Waals surface area contributed by atoms with Crippen molar-refractivity contribution in [1.82, 2.24) is 29.7 Å². The second-order valence-corrected chi connectivity index (χ2v) is 7.01. The van der Waals surface area contributed by atoms with E-state index in [0.717, 1.165) is 56.9 Å². The molecule has 1 N–H and O–H groups in total. The van der Waals surface area contributed by atoms with Crippen molar-refractivity contribution in [2.45, 2.75) is 20.4 Å². The van der Waals surface area contributed by atoms with Crippen LogP contribution in [0, 0.1) is 6.92 Å². The lowest BCUT2D eigenvalue weighted by Crippen LogP contribution is -1.99. The summed E-state index contributed by atoms with van der Waals surface area (Å²) >= 11 is 0. The predicted molar refractivity (Wildman–Crippen MR) is 114 cm³/mol. The van der Waals surface area contributed by atoms with Crippen molar-refractivity contribution < 1.29 is 0 Å². The Morgan fingerprint density at radius 1 is 0.966 bits per heavy atom. The van der Waals surface area contributed by atoms with Crippen molar-refractivity contribution in [2.75, 3.05) is 0 Å². The minimum Gasteiger partial charge on any atom is -0.339 e. The Morgan fingerprint density at radius 2 is 1.86 bits per heavy atom. The smallest absolute Gasteiger partial charge is 0.137 e. The number of hydrogen-bond acceptors (Lipinski definition) is 4. The Labute approximate surface area is 168 Å². The summed E-state index contributed by atoms with van der Waals surface area (Å²) in [4.78, 5) is 16.5. The molecule has 142 valence electrons. The van der Waals surface area contributed by atoms with Gasteiger partial charge in [-0.05, 0) is 55.8 Å². The van der Waals surface area contributed by atoms with Gasteiger partial charge in [-0.25, -0.2) is 4.98 Å². The molecule has 0 fully saturated rings. The number of aryl methyl sites for hydroxylation is 2. The molecular weight excluding hydrogens is 360 g/mol. The number of nitrogens with zero attached hydrogens (tertiary/aromatic N) is 5. The molecule has 29 heavy (non-hydrogen) atoms. The molecule has 0 aliphatic heterocycles. The molecule has 5 aromatic rings. The topological polar surface area (TPSA) is 72.3 Å². The molecule has 0 aromatic carbocycles. The number of nitrogens with one attached hydrogen (secondary N) is 1. The molecule has 0 aliphatic rings. The summed E-state index contributed by atoms with van der Waals surface area (Å²) in [6.07, 6.45) is 9.19. The number of rotatable bonds is 4. The number of aromatic amines is 1. The van der Waals surface area contributed by atoms with Crippen molar-refractivity contribution in [3.8, 4) is 33.8 Å². The highest BCUT2D eigenvalue weighted by atomic mass is 15.3. The monoisotopic (exact) mass is 380 g/mol. The summed E-state index contributed by atoms with van der Waals surface area (Å²) in [5.74, 6) is 0. The van der Waals surface area contributed by atoms with Crippen LogP contribution in [0.1, 0.15) is 12.5 Å². The predicted octanol–water partition coefficient (Wildman–Crippen LogP) is 4.88. The van der Waals surface area contributed by atoms with Gasteiger partial charge < -0.3 is 4.98 Å². The average molecular weight is 380 g/mol. The van der Waals surface area contributed by atoms with Crippen molar-refractivity contribution in [3.63, 3.8) is 0 Å². The lowest BCUT2D eigenvalue weighted by molar-refractivity contribution is 0.669. The molecule has 0 amide bonds. The molecule has 5 aromatic heterocycles. The molecule has 6 heteroatoms. The highest BCUT2D eigenvalue weighted by Gasteiger charge is 2.13. The molecule has 0 saturated carbocycles. The summed E-state index contributed by atoms with van der Waals surface area (Å²) in [6.45, 7) is 4.94. The van der Waals surface area contributed by atoms with Gasteiger partial charge in [0.2, 0.25) is 0 Å². The Morgan fingerprint density at radius 3 is 2.66 bits per heavy atom. The molecule has 0 bridgehead atoms. The number of fused-ring (bicyclic) bond motifs is 1. The SMILES string of the molecule is CCn1nc(-c2cccnc2)cc1-c1cnc2[nH]c(-c3ccncc3C)cc2c1. The Hall–Kier alpha value is -3.80. The molecule has 6 nitrogen and oxygen atoms in total. The van der Waals surface area contributed by atoms with Gasteiger partial charge in [0.05, 0.1) is 11.4 Å². The third kappa shape index (κ3) is 3.08. The van der Waals surface area contributed by atoms with Crippen LogP contribution in [0.5, 0.6) is 0 Å². The van der Waals surface area contributed by atoms with E-state index < -0.39 is 0 Å². The molecule has 0 aliphatic carbocycles.